The second-order valence-corrected chi connectivity index (χ2v) is 7.77. The lowest BCUT2D eigenvalue weighted by atomic mass is 9.77. The maximum Gasteiger partial charge on any atom is 0.318 e. The number of hydrogen-bond donors (Lipinski definition) is 2. The van der Waals surface area contributed by atoms with Gasteiger partial charge in [0.05, 0.1) is 0 Å². The number of aromatic hydroxyl groups is 1. The molecule has 0 unspecified atom stereocenters. The van der Waals surface area contributed by atoms with E-state index in [1.807, 2.05) is 0 Å². The Bertz CT molecular complexity index is 952. The lowest BCUT2D eigenvalue weighted by Crippen LogP contribution is -2.28. The average Bonchev–Trinajstić information content (AvgIpc) is 2.74. The minimum absolute atomic E-state index is 0.180. The second-order valence-electron chi connectivity index (χ2n) is 7.77. The predicted molar refractivity (Wildman–Crippen MR) is 112 cm³/mol. The number of hydrogen-bond acceptors (Lipinski definition) is 6. The Balaban J connectivity index is 1.47. The first kappa shape index (κ1) is 22.2. The highest BCUT2D eigenvalue weighted by Gasteiger charge is 2.31. The van der Waals surface area contributed by atoms with Gasteiger partial charge in [-0.05, 0) is 61.1 Å². The lowest BCUT2D eigenvalue weighted by Gasteiger charge is -2.26. The molecule has 2 N–H and O–H groups in total. The van der Waals surface area contributed by atoms with Crippen molar-refractivity contribution in [2.24, 2.45) is 11.8 Å². The molecular formula is C24H24O7. The molecule has 7 heteroatoms. The molecule has 0 atom stereocenters. The van der Waals surface area contributed by atoms with Crippen molar-refractivity contribution in [1.29, 1.82) is 0 Å². The summed E-state index contributed by atoms with van der Waals surface area (Å²) in [6, 6.07) is 13.6. The monoisotopic (exact) mass is 424 g/mol. The molecule has 2 aromatic carbocycles. The molecular weight excluding hydrogens is 400 g/mol. The zero-order valence-electron chi connectivity index (χ0n) is 17.0. The molecule has 162 valence electrons. The van der Waals surface area contributed by atoms with E-state index < -0.39 is 18.4 Å². The SMILES string of the molecule is O=C(O)CC(=O)C1CCC(C(=O)CC(=O)Oc2ccc(-c3ccc(O)cc3)cc2)CC1. The van der Waals surface area contributed by atoms with Gasteiger partial charge in [-0.3, -0.25) is 19.2 Å². The largest absolute Gasteiger partial charge is 0.508 e. The van der Waals surface area contributed by atoms with E-state index in [9.17, 15) is 24.3 Å². The third-order valence-corrected chi connectivity index (χ3v) is 5.57. The lowest BCUT2D eigenvalue weighted by molar-refractivity contribution is -0.143. The number of phenols is 1. The van der Waals surface area contributed by atoms with Crippen LogP contribution in [0, 0.1) is 11.8 Å². The Labute approximate surface area is 179 Å². The summed E-state index contributed by atoms with van der Waals surface area (Å²) in [6.07, 6.45) is 1.07. The van der Waals surface area contributed by atoms with Crippen LogP contribution >= 0.6 is 0 Å². The van der Waals surface area contributed by atoms with Gasteiger partial charge in [0.1, 0.15) is 35.9 Å². The highest BCUT2D eigenvalue weighted by molar-refractivity contribution is 5.98. The van der Waals surface area contributed by atoms with Gasteiger partial charge in [0.15, 0.2) is 0 Å². The van der Waals surface area contributed by atoms with Crippen molar-refractivity contribution in [3.8, 4) is 22.6 Å². The molecule has 2 aromatic rings. The molecule has 1 fully saturated rings. The third-order valence-electron chi connectivity index (χ3n) is 5.57. The van der Waals surface area contributed by atoms with Gasteiger partial charge in [0.25, 0.3) is 0 Å². The van der Waals surface area contributed by atoms with Crippen LogP contribution in [-0.2, 0) is 19.2 Å². The molecule has 3 rings (SSSR count). The normalized spacial score (nSPS) is 18.2. The molecule has 31 heavy (non-hydrogen) atoms. The van der Waals surface area contributed by atoms with E-state index in [4.69, 9.17) is 9.84 Å². The summed E-state index contributed by atoms with van der Waals surface area (Å²) in [5.41, 5.74) is 1.80. The Morgan fingerprint density at radius 3 is 1.68 bits per heavy atom. The van der Waals surface area contributed by atoms with E-state index in [1.165, 1.54) is 0 Å². The van der Waals surface area contributed by atoms with Crippen LogP contribution in [0.3, 0.4) is 0 Å². The number of aliphatic carboxylic acids is 1. The fourth-order valence-corrected chi connectivity index (χ4v) is 3.85. The maximum atomic E-state index is 12.4. The number of rotatable bonds is 8. The fraction of sp³-hybridized carbons (Fsp3) is 0.333. The van der Waals surface area contributed by atoms with E-state index >= 15 is 0 Å². The van der Waals surface area contributed by atoms with Gasteiger partial charge in [-0.2, -0.15) is 0 Å². The molecule has 0 aromatic heterocycles. The van der Waals surface area contributed by atoms with Crippen LogP contribution in [0.2, 0.25) is 0 Å². The van der Waals surface area contributed by atoms with Crippen LogP contribution in [0.1, 0.15) is 38.5 Å². The summed E-state index contributed by atoms with van der Waals surface area (Å²) in [4.78, 5) is 47.1. The second kappa shape index (κ2) is 10.0. The van der Waals surface area contributed by atoms with Crippen molar-refractivity contribution in [1.82, 2.24) is 0 Å². The smallest absolute Gasteiger partial charge is 0.318 e. The number of Topliss-reactive ketones (excluding diaryl/α,β-unsaturated/α-hetero) is 2. The minimum atomic E-state index is -1.14. The third kappa shape index (κ3) is 6.25. The van der Waals surface area contributed by atoms with Crippen LogP contribution in [-0.4, -0.2) is 33.7 Å². The first-order chi connectivity index (χ1) is 14.8. The number of carbonyl (C=O) groups excluding carboxylic acids is 3. The van der Waals surface area contributed by atoms with Crippen LogP contribution in [0.15, 0.2) is 48.5 Å². The molecule has 0 radical (unpaired) electrons. The summed E-state index contributed by atoms with van der Waals surface area (Å²) in [5, 5.41) is 18.1. The average molecular weight is 424 g/mol. The minimum Gasteiger partial charge on any atom is -0.508 e. The van der Waals surface area contributed by atoms with Crippen molar-refractivity contribution in [3.05, 3.63) is 48.5 Å². The summed E-state index contributed by atoms with van der Waals surface area (Å²) < 4.78 is 5.27. The Kier molecular flexibility index (Phi) is 7.18. The number of benzene rings is 2. The van der Waals surface area contributed by atoms with Crippen LogP contribution < -0.4 is 4.74 Å². The topological polar surface area (TPSA) is 118 Å². The van der Waals surface area contributed by atoms with Crippen molar-refractivity contribution >= 4 is 23.5 Å². The molecule has 1 aliphatic rings. The fourth-order valence-electron chi connectivity index (χ4n) is 3.85. The molecule has 0 amide bonds. The molecule has 0 spiro atoms. The van der Waals surface area contributed by atoms with Gasteiger partial charge in [0.2, 0.25) is 0 Å². The highest BCUT2D eigenvalue weighted by Crippen LogP contribution is 2.31. The summed E-state index contributed by atoms with van der Waals surface area (Å²) in [6.45, 7) is 0. The molecule has 0 saturated heterocycles. The summed E-state index contributed by atoms with van der Waals surface area (Å²) in [5.74, 6) is -2.39. The molecule has 1 aliphatic carbocycles. The standard InChI is InChI=1S/C24H24O7/c25-19-9-5-15(6-10-19)16-7-11-20(12-8-16)31-24(30)14-22(27)18-3-1-17(2-4-18)21(26)13-23(28)29/h5-12,17-18,25H,1-4,13-14H2,(H,28,29). The number of esters is 1. The summed E-state index contributed by atoms with van der Waals surface area (Å²) >= 11 is 0. The number of ketones is 2. The van der Waals surface area contributed by atoms with Gasteiger partial charge in [-0.15, -0.1) is 0 Å². The molecule has 0 aliphatic heterocycles. The molecule has 1 saturated carbocycles. The zero-order valence-corrected chi connectivity index (χ0v) is 17.0. The van der Waals surface area contributed by atoms with E-state index in [-0.39, 0.29) is 35.6 Å². The highest BCUT2D eigenvalue weighted by atomic mass is 16.5. The Morgan fingerprint density at radius 1 is 0.742 bits per heavy atom. The van der Waals surface area contributed by atoms with Crippen molar-refractivity contribution in [3.63, 3.8) is 0 Å². The number of phenolic OH excluding ortho intramolecular Hbond substituents is 1. The first-order valence-corrected chi connectivity index (χ1v) is 10.2. The van der Waals surface area contributed by atoms with Gasteiger partial charge in [-0.25, -0.2) is 0 Å². The van der Waals surface area contributed by atoms with Crippen molar-refractivity contribution in [2.75, 3.05) is 0 Å². The van der Waals surface area contributed by atoms with Crippen LogP contribution in [0.25, 0.3) is 11.1 Å². The quantitative estimate of drug-likeness (QED) is 0.376. The Morgan fingerprint density at radius 2 is 1.19 bits per heavy atom. The number of carboxylic acid groups (broad SMARTS) is 1. The molecule has 0 heterocycles. The maximum absolute atomic E-state index is 12.4. The van der Waals surface area contributed by atoms with Gasteiger partial charge < -0.3 is 14.9 Å². The zero-order chi connectivity index (χ0) is 22.4. The van der Waals surface area contributed by atoms with Crippen LogP contribution in [0.5, 0.6) is 11.5 Å². The van der Waals surface area contributed by atoms with Gasteiger partial charge in [-0.1, -0.05) is 24.3 Å². The van der Waals surface area contributed by atoms with E-state index in [0.29, 0.717) is 31.4 Å². The van der Waals surface area contributed by atoms with E-state index in [2.05, 4.69) is 0 Å². The predicted octanol–water partition coefficient (Wildman–Crippen LogP) is 3.77. The number of carbonyl (C=O) groups is 4. The van der Waals surface area contributed by atoms with Crippen LogP contribution in [0.4, 0.5) is 0 Å². The van der Waals surface area contributed by atoms with Gasteiger partial charge in [0, 0.05) is 11.8 Å². The summed E-state index contributed by atoms with van der Waals surface area (Å²) in [7, 11) is 0. The van der Waals surface area contributed by atoms with Gasteiger partial charge >= 0.3 is 11.9 Å². The van der Waals surface area contributed by atoms with E-state index in [1.54, 1.807) is 48.5 Å². The van der Waals surface area contributed by atoms with Crippen molar-refractivity contribution < 1.29 is 34.1 Å². The molecule has 7 nitrogen and oxygen atoms in total. The van der Waals surface area contributed by atoms with Crippen molar-refractivity contribution in [2.45, 2.75) is 38.5 Å². The number of ether oxygens (including phenoxy) is 1. The number of carboxylic acids is 1. The van der Waals surface area contributed by atoms with E-state index in [0.717, 1.165) is 11.1 Å². The molecule has 0 bridgehead atoms. The first-order valence-electron chi connectivity index (χ1n) is 10.2. The Hall–Kier alpha value is -3.48.